The van der Waals surface area contributed by atoms with E-state index < -0.39 is 5.97 Å². The van der Waals surface area contributed by atoms with E-state index in [1.807, 2.05) is 25.8 Å². The van der Waals surface area contributed by atoms with E-state index in [0.29, 0.717) is 23.6 Å². The zero-order chi connectivity index (χ0) is 13.9. The monoisotopic (exact) mass is 255 g/mol. The van der Waals surface area contributed by atoms with Crippen molar-refractivity contribution in [2.24, 2.45) is 0 Å². The van der Waals surface area contributed by atoms with Gasteiger partial charge in [-0.05, 0) is 33.9 Å². The van der Waals surface area contributed by atoms with Gasteiger partial charge in [0.25, 0.3) is 0 Å². The molecule has 5 nitrogen and oxygen atoms in total. The molecule has 0 amide bonds. The molecule has 0 bridgehead atoms. The first kappa shape index (κ1) is 14.7. The number of rotatable bonds is 5. The highest BCUT2D eigenvalue weighted by atomic mass is 16.5. The van der Waals surface area contributed by atoms with Crippen LogP contribution in [0, 0.1) is 6.92 Å². The smallest absolute Gasteiger partial charge is 0.341 e. The van der Waals surface area contributed by atoms with Crippen molar-refractivity contribution in [3.63, 3.8) is 0 Å². The van der Waals surface area contributed by atoms with Gasteiger partial charge in [-0.2, -0.15) is 0 Å². The SMILES string of the molecule is COC(=O)c1cc(CN(C)C(C)(C)CO)oc1C. The molecule has 0 fully saturated rings. The molecule has 0 spiro atoms. The second-order valence-corrected chi connectivity index (χ2v) is 5.00. The van der Waals surface area contributed by atoms with Crippen LogP contribution in [0.25, 0.3) is 0 Å². The molecule has 1 aromatic heterocycles. The molecule has 102 valence electrons. The lowest BCUT2D eigenvalue weighted by Crippen LogP contribution is -2.43. The number of aryl methyl sites for hydroxylation is 1. The van der Waals surface area contributed by atoms with Crippen molar-refractivity contribution in [3.8, 4) is 0 Å². The van der Waals surface area contributed by atoms with Crippen molar-refractivity contribution in [3.05, 3.63) is 23.2 Å². The van der Waals surface area contributed by atoms with Gasteiger partial charge < -0.3 is 14.3 Å². The standard InChI is InChI=1S/C13H21NO4/c1-9-11(12(16)17-5)6-10(18-9)7-14(4)13(2,3)8-15/h6,15H,7-8H2,1-5H3. The van der Waals surface area contributed by atoms with E-state index >= 15 is 0 Å². The molecule has 1 rings (SSSR count). The molecule has 0 saturated heterocycles. The Morgan fingerprint density at radius 1 is 1.56 bits per heavy atom. The lowest BCUT2D eigenvalue weighted by Gasteiger charge is -2.33. The summed E-state index contributed by atoms with van der Waals surface area (Å²) in [6.07, 6.45) is 0. The molecule has 0 unspecified atom stereocenters. The fourth-order valence-corrected chi connectivity index (χ4v) is 1.50. The van der Waals surface area contributed by atoms with E-state index in [4.69, 9.17) is 4.42 Å². The third kappa shape index (κ3) is 3.11. The molecular formula is C13H21NO4. The van der Waals surface area contributed by atoms with E-state index in [0.717, 1.165) is 0 Å². The fraction of sp³-hybridized carbons (Fsp3) is 0.615. The van der Waals surface area contributed by atoms with Crippen molar-refractivity contribution in [1.29, 1.82) is 0 Å². The van der Waals surface area contributed by atoms with Crippen LogP contribution in [0.3, 0.4) is 0 Å². The Morgan fingerprint density at radius 2 is 2.17 bits per heavy atom. The lowest BCUT2D eigenvalue weighted by atomic mass is 10.1. The topological polar surface area (TPSA) is 62.9 Å². The van der Waals surface area contributed by atoms with E-state index in [1.165, 1.54) is 7.11 Å². The van der Waals surface area contributed by atoms with Crippen LogP contribution >= 0.6 is 0 Å². The summed E-state index contributed by atoms with van der Waals surface area (Å²) in [5.74, 6) is 0.829. The minimum Gasteiger partial charge on any atom is -0.465 e. The second kappa shape index (κ2) is 5.54. The maximum Gasteiger partial charge on any atom is 0.341 e. The first-order valence-electron chi connectivity index (χ1n) is 5.81. The predicted octanol–water partition coefficient (Wildman–Crippen LogP) is 1.58. The van der Waals surface area contributed by atoms with Crippen molar-refractivity contribution >= 4 is 5.97 Å². The molecule has 5 heteroatoms. The van der Waals surface area contributed by atoms with Gasteiger partial charge in [0.1, 0.15) is 17.1 Å². The number of nitrogens with zero attached hydrogens (tertiary/aromatic N) is 1. The second-order valence-electron chi connectivity index (χ2n) is 5.00. The molecule has 0 radical (unpaired) electrons. The number of methoxy groups -OCH3 is 1. The van der Waals surface area contributed by atoms with E-state index in [-0.39, 0.29) is 12.1 Å². The number of hydrogen-bond acceptors (Lipinski definition) is 5. The third-order valence-corrected chi connectivity index (χ3v) is 3.19. The molecule has 1 heterocycles. The summed E-state index contributed by atoms with van der Waals surface area (Å²) in [5, 5.41) is 9.28. The van der Waals surface area contributed by atoms with Crippen LogP contribution in [-0.4, -0.2) is 42.3 Å². The Hall–Kier alpha value is -1.33. The zero-order valence-corrected chi connectivity index (χ0v) is 11.6. The summed E-state index contributed by atoms with van der Waals surface area (Å²) >= 11 is 0. The molecule has 1 N–H and O–H groups in total. The molecule has 1 aromatic rings. The fourth-order valence-electron chi connectivity index (χ4n) is 1.50. The lowest BCUT2D eigenvalue weighted by molar-refractivity contribution is 0.0599. The number of carbonyl (C=O) groups excluding carboxylic acids is 1. The number of carbonyl (C=O) groups is 1. The van der Waals surface area contributed by atoms with Crippen LogP contribution in [0.1, 0.15) is 35.7 Å². The summed E-state index contributed by atoms with van der Waals surface area (Å²) in [4.78, 5) is 13.4. The highest BCUT2D eigenvalue weighted by molar-refractivity contribution is 5.90. The van der Waals surface area contributed by atoms with Crippen molar-refractivity contribution in [2.75, 3.05) is 20.8 Å². The van der Waals surface area contributed by atoms with Gasteiger partial charge in [-0.1, -0.05) is 0 Å². The summed E-state index contributed by atoms with van der Waals surface area (Å²) in [7, 11) is 3.24. The van der Waals surface area contributed by atoms with E-state index in [9.17, 15) is 9.90 Å². The number of furan rings is 1. The summed E-state index contributed by atoms with van der Waals surface area (Å²) < 4.78 is 10.2. The molecule has 0 aliphatic rings. The van der Waals surface area contributed by atoms with Crippen molar-refractivity contribution in [2.45, 2.75) is 32.9 Å². The number of aliphatic hydroxyl groups excluding tert-OH is 1. The minimum atomic E-state index is -0.397. The van der Waals surface area contributed by atoms with E-state index in [1.54, 1.807) is 13.0 Å². The number of hydrogen-bond donors (Lipinski definition) is 1. The van der Waals surface area contributed by atoms with Gasteiger partial charge in [-0.3, -0.25) is 4.90 Å². The van der Waals surface area contributed by atoms with Gasteiger partial charge in [-0.15, -0.1) is 0 Å². The summed E-state index contributed by atoms with van der Waals surface area (Å²) in [5.41, 5.74) is 0.106. The first-order valence-corrected chi connectivity index (χ1v) is 5.81. The molecule has 0 atom stereocenters. The highest BCUT2D eigenvalue weighted by Gasteiger charge is 2.24. The quantitative estimate of drug-likeness (QED) is 0.809. The number of aliphatic hydroxyl groups is 1. The van der Waals surface area contributed by atoms with Crippen LogP contribution in [0.4, 0.5) is 0 Å². The molecule has 0 saturated carbocycles. The normalized spacial score (nSPS) is 11.9. The Morgan fingerprint density at radius 3 is 2.67 bits per heavy atom. The Kier molecular flexibility index (Phi) is 4.53. The molecule has 18 heavy (non-hydrogen) atoms. The largest absolute Gasteiger partial charge is 0.465 e. The Labute approximate surface area is 107 Å². The number of ether oxygens (including phenoxy) is 1. The summed E-state index contributed by atoms with van der Waals surface area (Å²) in [6.45, 7) is 6.17. The van der Waals surface area contributed by atoms with E-state index in [2.05, 4.69) is 4.74 Å². The Balaban J connectivity index is 2.84. The van der Waals surface area contributed by atoms with Gasteiger partial charge >= 0.3 is 5.97 Å². The molecule has 0 aromatic carbocycles. The zero-order valence-electron chi connectivity index (χ0n) is 11.6. The highest BCUT2D eigenvalue weighted by Crippen LogP contribution is 2.20. The Bertz CT molecular complexity index is 423. The average molecular weight is 255 g/mol. The van der Waals surface area contributed by atoms with Gasteiger partial charge in [0.2, 0.25) is 0 Å². The van der Waals surface area contributed by atoms with Crippen molar-refractivity contribution < 1.29 is 19.1 Å². The van der Waals surface area contributed by atoms with Gasteiger partial charge in [0, 0.05) is 5.54 Å². The molecular weight excluding hydrogens is 234 g/mol. The first-order chi connectivity index (χ1) is 8.31. The number of likely N-dealkylation sites (N-methyl/N-ethyl adjacent to an activating group) is 1. The van der Waals surface area contributed by atoms with Gasteiger partial charge in [-0.25, -0.2) is 4.79 Å². The maximum atomic E-state index is 11.5. The maximum absolute atomic E-state index is 11.5. The van der Waals surface area contributed by atoms with Crippen LogP contribution in [0.15, 0.2) is 10.5 Å². The van der Waals surface area contributed by atoms with Crippen LogP contribution in [-0.2, 0) is 11.3 Å². The van der Waals surface area contributed by atoms with Gasteiger partial charge in [0.05, 0.1) is 20.3 Å². The molecule has 0 aliphatic carbocycles. The van der Waals surface area contributed by atoms with Crippen LogP contribution < -0.4 is 0 Å². The van der Waals surface area contributed by atoms with Crippen molar-refractivity contribution in [1.82, 2.24) is 4.90 Å². The van der Waals surface area contributed by atoms with Crippen LogP contribution in [0.5, 0.6) is 0 Å². The summed E-state index contributed by atoms with van der Waals surface area (Å²) in [6, 6.07) is 1.69. The average Bonchev–Trinajstić information content (AvgIpc) is 2.69. The predicted molar refractivity (Wildman–Crippen MR) is 67.4 cm³/mol. The third-order valence-electron chi connectivity index (χ3n) is 3.19. The van der Waals surface area contributed by atoms with Gasteiger partial charge in [0.15, 0.2) is 0 Å². The minimum absolute atomic E-state index is 0.0487. The van der Waals surface area contributed by atoms with Crippen LogP contribution in [0.2, 0.25) is 0 Å². The number of esters is 1. The molecule has 0 aliphatic heterocycles.